The number of nitrogens with zero attached hydrogens (tertiary/aromatic N) is 9. The van der Waals surface area contributed by atoms with Crippen molar-refractivity contribution in [3.05, 3.63) is 5.82 Å². The van der Waals surface area contributed by atoms with Gasteiger partial charge in [0.15, 0.2) is 0 Å². The van der Waals surface area contributed by atoms with E-state index in [-0.39, 0.29) is 29.7 Å². The minimum Gasteiger partial charge on any atom is -0.368 e. The third-order valence-corrected chi connectivity index (χ3v) is 5.57. The van der Waals surface area contributed by atoms with E-state index in [1.807, 2.05) is 0 Å². The van der Waals surface area contributed by atoms with E-state index in [2.05, 4.69) is 60.8 Å². The summed E-state index contributed by atoms with van der Waals surface area (Å²) in [6.45, 7) is 2.21. The van der Waals surface area contributed by atoms with Gasteiger partial charge in [-0.1, -0.05) is 32.1 Å². The first-order valence-electron chi connectivity index (χ1n) is 13.1. The van der Waals surface area contributed by atoms with Crippen LogP contribution < -0.4 is 44.6 Å². The van der Waals surface area contributed by atoms with Crippen molar-refractivity contribution in [1.82, 2.24) is 44.9 Å². The van der Waals surface area contributed by atoms with Crippen molar-refractivity contribution in [3.63, 3.8) is 0 Å². The molecule has 17 heteroatoms. The number of anilines is 8. The molecular formula is C22H39N17. The summed E-state index contributed by atoms with van der Waals surface area (Å²) in [6, 6.07) is 0. The minimum atomic E-state index is 0.104. The van der Waals surface area contributed by atoms with Crippen molar-refractivity contribution in [2.24, 2.45) is 0 Å². The van der Waals surface area contributed by atoms with E-state index in [0.29, 0.717) is 23.7 Å². The number of nitrogens with two attached hydrogens (primary N) is 5. The summed E-state index contributed by atoms with van der Waals surface area (Å²) in [5.41, 5.74) is 28.2. The molecule has 17 nitrogen and oxygen atoms in total. The lowest BCUT2D eigenvalue weighted by atomic mass is 10.1. The van der Waals surface area contributed by atoms with Crippen LogP contribution in [0.4, 0.5) is 47.6 Å². The van der Waals surface area contributed by atoms with Gasteiger partial charge in [-0.3, -0.25) is 0 Å². The van der Waals surface area contributed by atoms with Gasteiger partial charge >= 0.3 is 0 Å². The Kier molecular flexibility index (Phi) is 11.6. The average Bonchev–Trinajstić information content (AvgIpc) is 2.86. The Bertz CT molecular complexity index is 1030. The smallest absolute Gasteiger partial charge is 0.229 e. The van der Waals surface area contributed by atoms with Crippen LogP contribution in [0.1, 0.15) is 63.6 Å². The number of unbranched alkanes of at least 4 members (excludes halogenated alkanes) is 7. The van der Waals surface area contributed by atoms with Gasteiger partial charge in [0.25, 0.3) is 0 Å². The van der Waals surface area contributed by atoms with Gasteiger partial charge in [0, 0.05) is 26.1 Å². The molecule has 3 heterocycles. The molecule has 0 aromatic carbocycles. The summed E-state index contributed by atoms with van der Waals surface area (Å²) < 4.78 is 0. The second kappa shape index (κ2) is 15.6. The quantitative estimate of drug-likeness (QED) is 0.103. The molecule has 13 N–H and O–H groups in total. The predicted molar refractivity (Wildman–Crippen MR) is 152 cm³/mol. The molecule has 0 saturated carbocycles. The molecule has 0 aliphatic rings. The number of aromatic nitrogens is 9. The number of nitrogen functional groups attached to an aromatic ring is 5. The number of nitrogens with one attached hydrogen (secondary N) is 3. The monoisotopic (exact) mass is 541 g/mol. The molecule has 212 valence electrons. The Morgan fingerprint density at radius 3 is 1.15 bits per heavy atom. The summed E-state index contributed by atoms with van der Waals surface area (Å²) in [6.07, 6.45) is 9.94. The van der Waals surface area contributed by atoms with Gasteiger partial charge in [-0.05, 0) is 25.7 Å². The lowest BCUT2D eigenvalue weighted by Crippen LogP contribution is -2.12. The van der Waals surface area contributed by atoms with E-state index in [1.54, 1.807) is 0 Å². The second-order valence-electron chi connectivity index (χ2n) is 8.90. The Labute approximate surface area is 227 Å². The molecule has 0 aliphatic carbocycles. The topological polar surface area (TPSA) is 282 Å². The van der Waals surface area contributed by atoms with Gasteiger partial charge in [0.1, 0.15) is 5.82 Å². The van der Waals surface area contributed by atoms with E-state index >= 15 is 0 Å². The average molecular weight is 542 g/mol. The molecule has 0 atom stereocenters. The van der Waals surface area contributed by atoms with E-state index in [1.165, 1.54) is 0 Å². The van der Waals surface area contributed by atoms with Gasteiger partial charge in [-0.25, -0.2) is 0 Å². The lowest BCUT2D eigenvalue weighted by Gasteiger charge is -2.09. The van der Waals surface area contributed by atoms with Crippen LogP contribution in [0.3, 0.4) is 0 Å². The first-order valence-corrected chi connectivity index (χ1v) is 13.1. The summed E-state index contributed by atoms with van der Waals surface area (Å²) in [4.78, 5) is 36.4. The highest BCUT2D eigenvalue weighted by Gasteiger charge is 2.05. The zero-order valence-electron chi connectivity index (χ0n) is 22.1. The molecule has 0 spiro atoms. The van der Waals surface area contributed by atoms with Crippen LogP contribution >= 0.6 is 0 Å². The fraction of sp³-hybridized carbons (Fsp3) is 0.591. The van der Waals surface area contributed by atoms with Crippen molar-refractivity contribution in [1.29, 1.82) is 0 Å². The highest BCUT2D eigenvalue weighted by atomic mass is 15.2. The van der Waals surface area contributed by atoms with Crippen LogP contribution in [0.5, 0.6) is 0 Å². The third-order valence-electron chi connectivity index (χ3n) is 5.57. The van der Waals surface area contributed by atoms with Crippen molar-refractivity contribution < 1.29 is 0 Å². The lowest BCUT2D eigenvalue weighted by molar-refractivity contribution is 0.614. The molecule has 0 saturated heterocycles. The number of aryl methyl sites for hydroxylation is 1. The maximum atomic E-state index is 5.85. The first kappa shape index (κ1) is 29.0. The zero-order chi connectivity index (χ0) is 27.9. The predicted octanol–water partition coefficient (Wildman–Crippen LogP) is 0.842. The number of hydrogen-bond acceptors (Lipinski definition) is 17. The van der Waals surface area contributed by atoms with Gasteiger partial charge in [0.2, 0.25) is 47.6 Å². The molecule has 3 aromatic rings. The van der Waals surface area contributed by atoms with Crippen LogP contribution in [0.2, 0.25) is 0 Å². The maximum absolute atomic E-state index is 5.85. The van der Waals surface area contributed by atoms with Crippen LogP contribution in [0.15, 0.2) is 0 Å². The Hall–Kier alpha value is -4.57. The van der Waals surface area contributed by atoms with Crippen LogP contribution in [0, 0.1) is 0 Å². The van der Waals surface area contributed by atoms with Gasteiger partial charge in [-0.15, -0.1) is 0 Å². The van der Waals surface area contributed by atoms with Gasteiger partial charge in [-0.2, -0.15) is 44.9 Å². The summed E-state index contributed by atoms with van der Waals surface area (Å²) in [7, 11) is 0. The molecule has 3 aromatic heterocycles. The summed E-state index contributed by atoms with van der Waals surface area (Å²) in [5.74, 6) is 2.69. The molecular weight excluding hydrogens is 502 g/mol. The summed E-state index contributed by atoms with van der Waals surface area (Å²) >= 11 is 0. The van der Waals surface area contributed by atoms with Crippen LogP contribution in [-0.2, 0) is 6.42 Å². The van der Waals surface area contributed by atoms with E-state index < -0.39 is 0 Å². The molecule has 0 bridgehead atoms. The normalized spacial score (nSPS) is 10.9. The largest absolute Gasteiger partial charge is 0.368 e. The first-order chi connectivity index (χ1) is 18.9. The van der Waals surface area contributed by atoms with E-state index in [0.717, 1.165) is 83.8 Å². The fourth-order valence-corrected chi connectivity index (χ4v) is 3.75. The van der Waals surface area contributed by atoms with E-state index in [9.17, 15) is 0 Å². The van der Waals surface area contributed by atoms with E-state index in [4.69, 9.17) is 28.7 Å². The van der Waals surface area contributed by atoms with Crippen molar-refractivity contribution in [2.45, 2.75) is 64.2 Å². The SMILES string of the molecule is Nc1nc(N)nc(CCCCCCCNc2nc(N)nc(NCCCCCCNc3nc(N)nc(N)n3)n2)n1. The van der Waals surface area contributed by atoms with Crippen molar-refractivity contribution in [3.8, 4) is 0 Å². The number of rotatable bonds is 18. The van der Waals surface area contributed by atoms with Crippen LogP contribution in [0.25, 0.3) is 0 Å². The Morgan fingerprint density at radius 2 is 0.692 bits per heavy atom. The van der Waals surface area contributed by atoms with Crippen molar-refractivity contribution >= 4 is 47.6 Å². The van der Waals surface area contributed by atoms with Gasteiger partial charge < -0.3 is 44.6 Å². The maximum Gasteiger partial charge on any atom is 0.229 e. The Morgan fingerprint density at radius 1 is 0.359 bits per heavy atom. The molecule has 0 unspecified atom stereocenters. The molecule has 0 aliphatic heterocycles. The highest BCUT2D eigenvalue weighted by Crippen LogP contribution is 2.11. The molecule has 0 radical (unpaired) electrons. The van der Waals surface area contributed by atoms with Crippen LogP contribution in [-0.4, -0.2) is 64.5 Å². The standard InChI is InChI=1S/C22H39N17/c23-15-31-14(32-16(24)33-15)10-6-2-1-3-7-12-29-21-37-19(27)38-22(39-21)30-13-9-5-4-8-11-28-20-35-17(25)34-18(26)36-20/h1-13H2,(H4,23,24,31,32,33)(H5,25,26,28,34,35,36)(H4,27,29,30,37,38,39). The van der Waals surface area contributed by atoms with Crippen molar-refractivity contribution in [2.75, 3.05) is 64.3 Å². The highest BCUT2D eigenvalue weighted by molar-refractivity contribution is 5.40. The third kappa shape index (κ3) is 11.6. The zero-order valence-corrected chi connectivity index (χ0v) is 22.1. The minimum absolute atomic E-state index is 0.104. The fourth-order valence-electron chi connectivity index (χ4n) is 3.75. The summed E-state index contributed by atoms with van der Waals surface area (Å²) in [5, 5.41) is 9.54. The second-order valence-corrected chi connectivity index (χ2v) is 8.90. The Balaban J connectivity index is 1.21. The van der Waals surface area contributed by atoms with Gasteiger partial charge in [0.05, 0.1) is 0 Å². The molecule has 3 rings (SSSR count). The molecule has 39 heavy (non-hydrogen) atoms. The molecule has 0 fully saturated rings. The molecule has 0 amide bonds. The number of hydrogen-bond donors (Lipinski definition) is 8.